The molecule has 5 heteroatoms. The molecule has 1 unspecified atom stereocenters. The minimum atomic E-state index is -0.259. The monoisotopic (exact) mass is 351 g/mol. The van der Waals surface area contributed by atoms with Crippen molar-refractivity contribution in [2.45, 2.75) is 12.5 Å². The van der Waals surface area contributed by atoms with Crippen molar-refractivity contribution in [3.8, 4) is 0 Å². The molecule has 0 heterocycles. The van der Waals surface area contributed by atoms with Gasteiger partial charge in [0.25, 0.3) is 0 Å². The van der Waals surface area contributed by atoms with Gasteiger partial charge in [-0.1, -0.05) is 18.2 Å². The Morgan fingerprint density at radius 3 is 2.62 bits per heavy atom. The standard InChI is InChI=1S/C16H19BrFN3/c1-21(2)13-5-3-4-12(10-13)16(20-19)9-11-6-7-15(18)14(17)8-11/h3-8,10,16,20H,9,19H2,1-2H3. The number of hydrazine groups is 1. The second-order valence-electron chi connectivity index (χ2n) is 5.16. The van der Waals surface area contributed by atoms with Crippen molar-refractivity contribution in [3.05, 3.63) is 63.9 Å². The molecule has 2 rings (SSSR count). The first-order chi connectivity index (χ1) is 10.0. The maximum Gasteiger partial charge on any atom is 0.137 e. The van der Waals surface area contributed by atoms with Crippen LogP contribution in [0.2, 0.25) is 0 Å². The SMILES string of the molecule is CN(C)c1cccc(C(Cc2ccc(F)c(Br)c2)NN)c1. The molecule has 0 aliphatic carbocycles. The summed E-state index contributed by atoms with van der Waals surface area (Å²) in [5, 5.41) is 0. The molecule has 0 radical (unpaired) electrons. The summed E-state index contributed by atoms with van der Waals surface area (Å²) in [6, 6.07) is 13.2. The molecule has 0 saturated carbocycles. The molecule has 21 heavy (non-hydrogen) atoms. The van der Waals surface area contributed by atoms with Gasteiger partial charge in [0, 0.05) is 19.8 Å². The van der Waals surface area contributed by atoms with E-state index in [1.54, 1.807) is 12.1 Å². The van der Waals surface area contributed by atoms with Gasteiger partial charge in [-0.3, -0.25) is 11.3 Å². The van der Waals surface area contributed by atoms with Crippen LogP contribution < -0.4 is 16.2 Å². The first kappa shape index (κ1) is 15.9. The number of hydrogen-bond acceptors (Lipinski definition) is 3. The molecule has 0 spiro atoms. The second-order valence-corrected chi connectivity index (χ2v) is 6.02. The van der Waals surface area contributed by atoms with Crippen LogP contribution in [-0.4, -0.2) is 14.1 Å². The molecule has 0 aliphatic heterocycles. The summed E-state index contributed by atoms with van der Waals surface area (Å²) in [4.78, 5) is 2.05. The van der Waals surface area contributed by atoms with E-state index in [1.807, 2.05) is 37.2 Å². The molecule has 0 saturated heterocycles. The molecule has 0 fully saturated rings. The summed E-state index contributed by atoms with van der Waals surface area (Å²) in [6.45, 7) is 0. The van der Waals surface area contributed by atoms with Gasteiger partial charge >= 0.3 is 0 Å². The van der Waals surface area contributed by atoms with Gasteiger partial charge in [-0.05, 0) is 57.7 Å². The highest BCUT2D eigenvalue weighted by atomic mass is 79.9. The lowest BCUT2D eigenvalue weighted by atomic mass is 9.99. The topological polar surface area (TPSA) is 41.3 Å². The van der Waals surface area contributed by atoms with Crippen LogP contribution in [0.15, 0.2) is 46.9 Å². The fourth-order valence-electron chi connectivity index (χ4n) is 2.20. The third-order valence-corrected chi connectivity index (χ3v) is 4.02. The zero-order chi connectivity index (χ0) is 15.4. The Bertz CT molecular complexity index is 616. The summed E-state index contributed by atoms with van der Waals surface area (Å²) in [7, 11) is 4.00. The van der Waals surface area contributed by atoms with Crippen LogP contribution >= 0.6 is 15.9 Å². The van der Waals surface area contributed by atoms with Crippen LogP contribution in [0.1, 0.15) is 17.2 Å². The van der Waals surface area contributed by atoms with Crippen molar-refractivity contribution >= 4 is 21.6 Å². The lowest BCUT2D eigenvalue weighted by Crippen LogP contribution is -2.29. The highest BCUT2D eigenvalue weighted by Crippen LogP contribution is 2.24. The fraction of sp³-hybridized carbons (Fsp3) is 0.250. The maximum atomic E-state index is 13.3. The average molecular weight is 352 g/mol. The van der Waals surface area contributed by atoms with Crippen molar-refractivity contribution in [1.82, 2.24) is 5.43 Å². The van der Waals surface area contributed by atoms with Crippen LogP contribution in [0.5, 0.6) is 0 Å². The quantitative estimate of drug-likeness (QED) is 0.640. The average Bonchev–Trinajstić information content (AvgIpc) is 2.48. The molecule has 0 aliphatic rings. The number of nitrogens with zero attached hydrogens (tertiary/aromatic N) is 1. The number of nitrogens with one attached hydrogen (secondary N) is 1. The molecule has 2 aromatic carbocycles. The smallest absolute Gasteiger partial charge is 0.137 e. The first-order valence-electron chi connectivity index (χ1n) is 6.68. The first-order valence-corrected chi connectivity index (χ1v) is 7.48. The van der Waals surface area contributed by atoms with E-state index in [4.69, 9.17) is 5.84 Å². The second kappa shape index (κ2) is 7.02. The van der Waals surface area contributed by atoms with Crippen LogP contribution in [-0.2, 0) is 6.42 Å². The highest BCUT2D eigenvalue weighted by Gasteiger charge is 2.12. The van der Waals surface area contributed by atoms with Crippen molar-refractivity contribution in [3.63, 3.8) is 0 Å². The van der Waals surface area contributed by atoms with Gasteiger partial charge in [-0.2, -0.15) is 0 Å². The molecule has 0 amide bonds. The predicted octanol–water partition coefficient (Wildman–Crippen LogP) is 3.40. The Morgan fingerprint density at radius 2 is 2.00 bits per heavy atom. The van der Waals surface area contributed by atoms with Crippen molar-refractivity contribution in [2.75, 3.05) is 19.0 Å². The Morgan fingerprint density at radius 1 is 1.24 bits per heavy atom. The summed E-state index contributed by atoms with van der Waals surface area (Å²) in [6.07, 6.45) is 0.687. The minimum absolute atomic E-state index is 0.0257. The number of rotatable bonds is 5. The Hall–Kier alpha value is -1.43. The van der Waals surface area contributed by atoms with E-state index in [1.165, 1.54) is 6.07 Å². The predicted molar refractivity (Wildman–Crippen MR) is 88.6 cm³/mol. The molecule has 0 aromatic heterocycles. The van der Waals surface area contributed by atoms with Gasteiger partial charge in [-0.25, -0.2) is 4.39 Å². The maximum absolute atomic E-state index is 13.3. The molecule has 2 aromatic rings. The van der Waals surface area contributed by atoms with E-state index in [-0.39, 0.29) is 11.9 Å². The van der Waals surface area contributed by atoms with Crippen LogP contribution in [0.3, 0.4) is 0 Å². The molecular weight excluding hydrogens is 333 g/mol. The summed E-state index contributed by atoms with van der Waals surface area (Å²) < 4.78 is 13.8. The Labute approximate surface area is 133 Å². The highest BCUT2D eigenvalue weighted by molar-refractivity contribution is 9.10. The van der Waals surface area contributed by atoms with E-state index < -0.39 is 0 Å². The number of anilines is 1. The lowest BCUT2D eigenvalue weighted by molar-refractivity contribution is 0.550. The largest absolute Gasteiger partial charge is 0.378 e. The van der Waals surface area contributed by atoms with Crippen molar-refractivity contribution < 1.29 is 4.39 Å². The summed E-state index contributed by atoms with van der Waals surface area (Å²) in [5.41, 5.74) is 6.07. The van der Waals surface area contributed by atoms with Crippen LogP contribution in [0.25, 0.3) is 0 Å². The van der Waals surface area contributed by atoms with Gasteiger partial charge < -0.3 is 4.90 Å². The number of hydrogen-bond donors (Lipinski definition) is 2. The number of benzene rings is 2. The third kappa shape index (κ3) is 4.03. The Kier molecular flexibility index (Phi) is 5.33. The molecular formula is C16H19BrFN3. The number of halogens is 2. The van der Waals surface area contributed by atoms with Crippen molar-refractivity contribution in [1.29, 1.82) is 0 Å². The zero-order valence-corrected chi connectivity index (χ0v) is 13.7. The van der Waals surface area contributed by atoms with Crippen LogP contribution in [0, 0.1) is 5.82 Å². The molecule has 112 valence electrons. The van der Waals surface area contributed by atoms with E-state index >= 15 is 0 Å². The molecule has 3 nitrogen and oxygen atoms in total. The minimum Gasteiger partial charge on any atom is -0.378 e. The van der Waals surface area contributed by atoms with Crippen molar-refractivity contribution in [2.24, 2.45) is 5.84 Å². The lowest BCUT2D eigenvalue weighted by Gasteiger charge is -2.20. The summed E-state index contributed by atoms with van der Waals surface area (Å²) in [5.74, 6) is 5.44. The summed E-state index contributed by atoms with van der Waals surface area (Å²) >= 11 is 3.21. The molecule has 3 N–H and O–H groups in total. The molecule has 1 atom stereocenters. The van der Waals surface area contributed by atoms with E-state index in [0.717, 1.165) is 16.8 Å². The molecule has 0 bridgehead atoms. The number of nitrogens with two attached hydrogens (primary N) is 1. The van der Waals surface area contributed by atoms with E-state index in [2.05, 4.69) is 27.4 Å². The van der Waals surface area contributed by atoms with Gasteiger partial charge in [-0.15, -0.1) is 0 Å². The van der Waals surface area contributed by atoms with Gasteiger partial charge in [0.05, 0.1) is 10.5 Å². The van der Waals surface area contributed by atoms with Gasteiger partial charge in [0.2, 0.25) is 0 Å². The van der Waals surface area contributed by atoms with Crippen LogP contribution in [0.4, 0.5) is 10.1 Å². The van der Waals surface area contributed by atoms with E-state index in [0.29, 0.717) is 10.9 Å². The fourth-order valence-corrected chi connectivity index (χ4v) is 2.62. The normalized spacial score (nSPS) is 12.2. The third-order valence-electron chi connectivity index (χ3n) is 3.41. The van der Waals surface area contributed by atoms with Gasteiger partial charge in [0.15, 0.2) is 0 Å². The van der Waals surface area contributed by atoms with E-state index in [9.17, 15) is 4.39 Å². The van der Waals surface area contributed by atoms with Gasteiger partial charge in [0.1, 0.15) is 5.82 Å². The zero-order valence-electron chi connectivity index (χ0n) is 12.1. The Balaban J connectivity index is 2.23.